The molecule has 0 aliphatic heterocycles. The zero-order valence-corrected chi connectivity index (χ0v) is 10.0. The van der Waals surface area contributed by atoms with Crippen molar-refractivity contribution < 1.29 is 60.5 Å². The van der Waals surface area contributed by atoms with E-state index in [0.29, 0.717) is 0 Å². The summed E-state index contributed by atoms with van der Waals surface area (Å²) in [4.78, 5) is 0. The van der Waals surface area contributed by atoms with Crippen molar-refractivity contribution in [1.29, 1.82) is 0 Å². The molecule has 3 nitrogen and oxygen atoms in total. The Morgan fingerprint density at radius 1 is 0.500 bits per heavy atom. The number of rotatable bonds is 0. The van der Waals surface area contributed by atoms with Crippen LogP contribution in [-0.4, -0.2) is 21.3 Å². The van der Waals surface area contributed by atoms with E-state index in [1.54, 1.807) is 0 Å². The fourth-order valence-corrected chi connectivity index (χ4v) is 0. The topological polar surface area (TPSA) is 69.2 Å². The van der Waals surface area contributed by atoms with Crippen LogP contribution in [0.3, 0.4) is 0 Å². The maximum absolute atomic E-state index is 8.25. The van der Waals surface area contributed by atoms with Gasteiger partial charge in [0.15, 0.2) is 0 Å². The molecule has 0 aliphatic rings. The molecule has 0 saturated carbocycles. The van der Waals surface area contributed by atoms with Crippen molar-refractivity contribution in [1.82, 2.24) is 0 Å². The molecule has 7 heteroatoms. The Bertz CT molecular complexity index is 19.0. The van der Waals surface area contributed by atoms with Gasteiger partial charge in [-0.2, -0.15) is 21.3 Å². The van der Waals surface area contributed by atoms with Gasteiger partial charge >= 0.3 is 0 Å². The van der Waals surface area contributed by atoms with Gasteiger partial charge in [0.1, 0.15) is 0 Å². The van der Waals surface area contributed by atoms with Crippen LogP contribution >= 0.6 is 0 Å². The maximum atomic E-state index is 8.25. The summed E-state index contributed by atoms with van der Waals surface area (Å²) in [6.45, 7) is 0. The van der Waals surface area contributed by atoms with Crippen molar-refractivity contribution in [2.45, 2.75) is 0 Å². The van der Waals surface area contributed by atoms with E-state index in [1.165, 1.54) is 0 Å². The summed E-state index contributed by atoms with van der Waals surface area (Å²) in [5.74, 6) is 0. The quantitative estimate of drug-likeness (QED) is 0.414. The largest absolute Gasteiger partial charge is 1.00 e. The van der Waals surface area contributed by atoms with Gasteiger partial charge in [0.25, 0.3) is 0 Å². The second-order valence-corrected chi connectivity index (χ2v) is 0. The summed E-state index contributed by atoms with van der Waals surface area (Å²) in [5.41, 5.74) is 0. The zero-order valence-electron chi connectivity index (χ0n) is 5.86. The first kappa shape index (κ1) is 73.2. The average Bonchev–Trinajstić information content (AvgIpc) is 1.81. The summed E-state index contributed by atoms with van der Waals surface area (Å²) >= 11 is 0. The van der Waals surface area contributed by atoms with E-state index in [2.05, 4.69) is 0 Å². The molecule has 0 radical (unpaired) electrons. The van der Waals surface area contributed by atoms with E-state index in [9.17, 15) is 0 Å². The first-order valence-electron chi connectivity index (χ1n) is 1.22. The molecule has 0 bridgehead atoms. The van der Waals surface area contributed by atoms with Crippen LogP contribution in [0.2, 0.25) is 0 Å². The van der Waals surface area contributed by atoms with Crippen molar-refractivity contribution in [2.24, 2.45) is 0 Å². The van der Waals surface area contributed by atoms with Crippen LogP contribution in [0.4, 0.5) is 0 Å². The Labute approximate surface area is 81.9 Å². The maximum Gasteiger partial charge on any atom is 0 e. The van der Waals surface area contributed by atoms with Crippen LogP contribution in [-0.2, 0) is 0 Å². The van der Waals surface area contributed by atoms with Crippen LogP contribution in [0.15, 0.2) is 0 Å². The Hall–Kier alpha value is 0.722. The van der Waals surface area contributed by atoms with E-state index in [0.717, 1.165) is 21.3 Å². The summed E-state index contributed by atoms with van der Waals surface area (Å²) in [6, 6.07) is 0. The average molecular weight is 388 g/mol. The van der Waals surface area contributed by atoms with Crippen molar-refractivity contribution in [3.05, 3.63) is 0 Å². The molecule has 0 amide bonds. The number of hydrogen-bond donors (Lipinski definition) is 0. The smallest absolute Gasteiger partial charge is 0 e. The third-order valence-electron chi connectivity index (χ3n) is 0. The van der Waals surface area contributed by atoms with E-state index < -0.39 is 0 Å². The third-order valence-corrected chi connectivity index (χ3v) is 0. The molecule has 0 rings (SSSR count). The molecule has 0 atom stereocenters. The van der Waals surface area contributed by atoms with Crippen LogP contribution < -0.4 is 29.4 Å². The van der Waals surface area contributed by atoms with Crippen molar-refractivity contribution in [3.63, 3.8) is 0 Å². The minimum atomic E-state index is 0. The molecule has 0 aromatic carbocycles. The Balaban J connectivity index is -0.00000000225. The van der Waals surface area contributed by atoms with Gasteiger partial charge in [-0.15, -0.1) is 0 Å². The molecule has 0 unspecified atom stereocenters. The van der Waals surface area contributed by atoms with Crippen LogP contribution in [0.25, 0.3) is 0 Å². The molecule has 0 N–H and O–H groups in total. The molecular weight excluding hydrogens is 379 g/mol. The first-order valence-corrected chi connectivity index (χ1v) is 1.22. The minimum absolute atomic E-state index is 0. The standard InChI is InChI=1S/3CH3O.3FH.U/c3*1-2;;;;/h3*1H3;3*1H;/q3*-1;;;;/p-3. The van der Waals surface area contributed by atoms with Crippen molar-refractivity contribution >= 4 is 0 Å². The van der Waals surface area contributed by atoms with Crippen molar-refractivity contribution in [2.75, 3.05) is 21.3 Å². The molecule has 0 heterocycles. The molecule has 0 spiro atoms. The predicted octanol–water partition coefficient (Wildman–Crippen LogP) is -12.1. The summed E-state index contributed by atoms with van der Waals surface area (Å²) in [6.07, 6.45) is 0. The second kappa shape index (κ2) is 1420. The fourth-order valence-electron chi connectivity index (χ4n) is 0. The molecule has 0 saturated heterocycles. The predicted molar refractivity (Wildman–Crippen MR) is 17.8 cm³/mol. The first-order chi connectivity index (χ1) is 3.00. The summed E-state index contributed by atoms with van der Waals surface area (Å²) in [5, 5.41) is 24.8. The summed E-state index contributed by atoms with van der Waals surface area (Å²) in [7, 11) is 2.25. The van der Waals surface area contributed by atoms with Gasteiger partial charge in [0.05, 0.1) is 0 Å². The van der Waals surface area contributed by atoms with Gasteiger partial charge in [0.2, 0.25) is 0 Å². The molecule has 10 heavy (non-hydrogen) atoms. The molecule has 0 aliphatic carbocycles. The van der Waals surface area contributed by atoms with E-state index >= 15 is 0 Å². The van der Waals surface area contributed by atoms with Crippen molar-refractivity contribution in [3.8, 4) is 0 Å². The SMILES string of the molecule is C[O-].C[O-].C[O-].[F-].[F-].[F-].[U]. The molecule has 70 valence electrons. The van der Waals surface area contributed by atoms with Gasteiger partial charge in [-0.1, -0.05) is 0 Å². The Kier molecular flexibility index (Phi) is 10400. The second-order valence-electron chi connectivity index (χ2n) is 0. The van der Waals surface area contributed by atoms with E-state index in [1.807, 2.05) is 0 Å². The molecule has 0 aromatic rings. The van der Waals surface area contributed by atoms with Gasteiger partial charge in [-0.3, -0.25) is 0 Å². The Morgan fingerprint density at radius 2 is 0.500 bits per heavy atom. The number of halogens is 3. The van der Waals surface area contributed by atoms with Crippen LogP contribution in [0, 0.1) is 31.1 Å². The Morgan fingerprint density at radius 3 is 0.500 bits per heavy atom. The fraction of sp³-hybridized carbons (Fsp3) is 1.00. The van der Waals surface area contributed by atoms with Gasteiger partial charge in [-0.05, 0) is 0 Å². The zero-order chi connectivity index (χ0) is 6.00. The molecular formula is C3H9F3O3U-6. The normalized spacial score (nSPS) is 1.80. The van der Waals surface area contributed by atoms with Crippen LogP contribution in [0.5, 0.6) is 0 Å². The van der Waals surface area contributed by atoms with E-state index in [-0.39, 0.29) is 45.2 Å². The third kappa shape index (κ3) is 998. The van der Waals surface area contributed by atoms with Gasteiger partial charge < -0.3 is 29.4 Å². The molecule has 0 aromatic heterocycles. The summed E-state index contributed by atoms with van der Waals surface area (Å²) < 4.78 is 0. The number of hydrogen-bond acceptors (Lipinski definition) is 3. The van der Waals surface area contributed by atoms with Crippen LogP contribution in [0.1, 0.15) is 0 Å². The molecule has 0 fully saturated rings. The van der Waals surface area contributed by atoms with E-state index in [4.69, 9.17) is 15.3 Å². The van der Waals surface area contributed by atoms with Gasteiger partial charge in [0, 0.05) is 31.1 Å². The monoisotopic (exact) mass is 388 g/mol. The minimum Gasteiger partial charge on any atom is -1.00 e. The van der Waals surface area contributed by atoms with Gasteiger partial charge in [-0.25, -0.2) is 0 Å².